The number of nitrogens with zero attached hydrogens (tertiary/aromatic N) is 1. The number of amides is 1. The van der Waals surface area contributed by atoms with Crippen molar-refractivity contribution in [1.82, 2.24) is 5.32 Å². The summed E-state index contributed by atoms with van der Waals surface area (Å²) in [6.45, 7) is 2.47. The largest absolute Gasteiger partial charge is 0.508 e. The van der Waals surface area contributed by atoms with Crippen LogP contribution < -0.4 is 10.6 Å². The smallest absolute Gasteiger partial charge is 0.267 e. The minimum absolute atomic E-state index is 0.0176. The summed E-state index contributed by atoms with van der Waals surface area (Å²) < 4.78 is 0. The number of para-hydroxylation sites is 1. The Morgan fingerprint density at radius 3 is 2.58 bits per heavy atom. The molecule has 0 aliphatic heterocycles. The molecule has 24 heavy (non-hydrogen) atoms. The third kappa shape index (κ3) is 4.89. The number of nitriles is 1. The van der Waals surface area contributed by atoms with Crippen LogP contribution in [0.3, 0.4) is 0 Å². The zero-order valence-corrected chi connectivity index (χ0v) is 13.4. The minimum Gasteiger partial charge on any atom is -0.508 e. The van der Waals surface area contributed by atoms with E-state index in [4.69, 9.17) is 5.26 Å². The zero-order valence-electron chi connectivity index (χ0n) is 13.4. The van der Waals surface area contributed by atoms with Crippen molar-refractivity contribution in [1.29, 1.82) is 5.26 Å². The second kappa shape index (κ2) is 8.39. The lowest BCUT2D eigenvalue weighted by molar-refractivity contribution is -0.112. The zero-order chi connectivity index (χ0) is 17.4. The Morgan fingerprint density at radius 1 is 1.21 bits per heavy atom. The molecule has 2 aromatic rings. The first-order valence-corrected chi connectivity index (χ1v) is 7.58. The van der Waals surface area contributed by atoms with E-state index >= 15 is 0 Å². The van der Waals surface area contributed by atoms with E-state index in [0.717, 1.165) is 17.5 Å². The van der Waals surface area contributed by atoms with Crippen molar-refractivity contribution in [2.24, 2.45) is 0 Å². The van der Waals surface area contributed by atoms with Crippen LogP contribution >= 0.6 is 0 Å². The normalized spacial score (nSPS) is 10.8. The number of phenolic OH excluding ortho intramolecular Hbond substituents is 1. The van der Waals surface area contributed by atoms with Gasteiger partial charge in [0.1, 0.15) is 17.4 Å². The Hall–Kier alpha value is -3.26. The van der Waals surface area contributed by atoms with E-state index in [2.05, 4.69) is 10.6 Å². The van der Waals surface area contributed by atoms with Crippen molar-refractivity contribution in [3.63, 3.8) is 0 Å². The topological polar surface area (TPSA) is 85.2 Å². The molecule has 0 radical (unpaired) electrons. The molecule has 0 unspecified atom stereocenters. The van der Waals surface area contributed by atoms with Crippen LogP contribution in [0.25, 0.3) is 0 Å². The second-order valence-electron chi connectivity index (χ2n) is 5.31. The van der Waals surface area contributed by atoms with Gasteiger partial charge in [-0.1, -0.05) is 30.3 Å². The van der Waals surface area contributed by atoms with Gasteiger partial charge in [0.25, 0.3) is 5.91 Å². The maximum atomic E-state index is 12.1. The quantitative estimate of drug-likeness (QED) is 0.434. The first-order chi connectivity index (χ1) is 11.6. The van der Waals surface area contributed by atoms with Gasteiger partial charge in [-0.25, -0.2) is 0 Å². The highest BCUT2D eigenvalue weighted by molar-refractivity contribution is 6.06. The van der Waals surface area contributed by atoms with Crippen molar-refractivity contribution in [2.75, 3.05) is 11.9 Å². The van der Waals surface area contributed by atoms with Gasteiger partial charge < -0.3 is 15.7 Å². The summed E-state index contributed by atoms with van der Waals surface area (Å²) in [4.78, 5) is 12.1. The van der Waals surface area contributed by atoms with E-state index in [-0.39, 0.29) is 11.3 Å². The predicted octanol–water partition coefficient (Wildman–Crippen LogP) is 2.88. The number of carbonyl (C=O) groups is 1. The molecule has 0 heterocycles. The van der Waals surface area contributed by atoms with Crippen molar-refractivity contribution >= 4 is 11.6 Å². The van der Waals surface area contributed by atoms with Gasteiger partial charge in [0.15, 0.2) is 0 Å². The highest BCUT2D eigenvalue weighted by atomic mass is 16.3. The SMILES string of the molecule is Cc1ccccc1NC(=O)/C(C#N)=C\NCCc1ccc(O)cc1. The van der Waals surface area contributed by atoms with Crippen molar-refractivity contribution < 1.29 is 9.90 Å². The molecule has 2 rings (SSSR count). The van der Waals surface area contributed by atoms with Gasteiger partial charge in [0.05, 0.1) is 0 Å². The molecule has 0 spiro atoms. The molecule has 0 aliphatic rings. The van der Waals surface area contributed by atoms with Crippen LogP contribution in [0.5, 0.6) is 5.75 Å². The van der Waals surface area contributed by atoms with Crippen molar-refractivity contribution in [3.8, 4) is 11.8 Å². The van der Waals surface area contributed by atoms with Gasteiger partial charge in [-0.05, 0) is 42.7 Å². The van der Waals surface area contributed by atoms with E-state index in [0.29, 0.717) is 12.2 Å². The van der Waals surface area contributed by atoms with Crippen LogP contribution in [0.4, 0.5) is 5.69 Å². The Bertz CT molecular complexity index is 774. The summed E-state index contributed by atoms with van der Waals surface area (Å²) in [7, 11) is 0. The van der Waals surface area contributed by atoms with Crippen molar-refractivity contribution in [2.45, 2.75) is 13.3 Å². The maximum absolute atomic E-state index is 12.1. The molecule has 0 fully saturated rings. The van der Waals surface area contributed by atoms with Crippen LogP contribution in [0.2, 0.25) is 0 Å². The van der Waals surface area contributed by atoms with E-state index in [1.165, 1.54) is 6.20 Å². The first-order valence-electron chi connectivity index (χ1n) is 7.58. The molecule has 0 saturated heterocycles. The van der Waals surface area contributed by atoms with Gasteiger partial charge in [-0.2, -0.15) is 5.26 Å². The second-order valence-corrected chi connectivity index (χ2v) is 5.31. The highest BCUT2D eigenvalue weighted by Crippen LogP contribution is 2.14. The molecule has 5 nitrogen and oxygen atoms in total. The Balaban J connectivity index is 1.89. The number of aryl methyl sites for hydroxylation is 1. The third-order valence-corrected chi connectivity index (χ3v) is 3.50. The number of benzene rings is 2. The Labute approximate surface area is 141 Å². The lowest BCUT2D eigenvalue weighted by Gasteiger charge is -2.07. The molecule has 0 aromatic heterocycles. The number of hydrogen-bond donors (Lipinski definition) is 3. The van der Waals surface area contributed by atoms with Gasteiger partial charge in [0, 0.05) is 18.4 Å². The first kappa shape index (κ1) is 17.1. The van der Waals surface area contributed by atoms with Gasteiger partial charge in [-0.3, -0.25) is 4.79 Å². The minimum atomic E-state index is -0.441. The predicted molar refractivity (Wildman–Crippen MR) is 93.3 cm³/mol. The van der Waals surface area contributed by atoms with E-state index < -0.39 is 5.91 Å². The Morgan fingerprint density at radius 2 is 1.92 bits per heavy atom. The lowest BCUT2D eigenvalue weighted by Crippen LogP contribution is -2.18. The fourth-order valence-electron chi connectivity index (χ4n) is 2.10. The molecule has 5 heteroatoms. The summed E-state index contributed by atoms with van der Waals surface area (Å²) in [5.41, 5.74) is 2.69. The number of hydrogen-bond acceptors (Lipinski definition) is 4. The average molecular weight is 321 g/mol. The standard InChI is InChI=1S/C19H19N3O2/c1-14-4-2-3-5-18(14)22-19(24)16(12-20)13-21-11-10-15-6-8-17(23)9-7-15/h2-9,13,21,23H,10-11H2,1H3,(H,22,24)/b16-13-. The molecule has 2 aromatic carbocycles. The van der Waals surface area contributed by atoms with Crippen LogP contribution in [-0.4, -0.2) is 17.6 Å². The molecular formula is C19H19N3O2. The number of phenols is 1. The summed E-state index contributed by atoms with van der Waals surface area (Å²) in [5.74, 6) is -0.213. The molecule has 0 atom stereocenters. The van der Waals surface area contributed by atoms with Gasteiger partial charge >= 0.3 is 0 Å². The number of nitrogens with one attached hydrogen (secondary N) is 2. The molecule has 0 saturated carbocycles. The van der Waals surface area contributed by atoms with Crippen LogP contribution in [0, 0.1) is 18.3 Å². The molecule has 1 amide bonds. The lowest BCUT2D eigenvalue weighted by atomic mass is 10.1. The van der Waals surface area contributed by atoms with Gasteiger partial charge in [0.2, 0.25) is 0 Å². The Kier molecular flexibility index (Phi) is 5.98. The third-order valence-electron chi connectivity index (χ3n) is 3.50. The number of rotatable bonds is 6. The summed E-state index contributed by atoms with van der Waals surface area (Å²) in [6.07, 6.45) is 2.14. The van der Waals surface area contributed by atoms with Crippen molar-refractivity contribution in [3.05, 3.63) is 71.4 Å². The fraction of sp³-hybridized carbons (Fsp3) is 0.158. The van der Waals surface area contributed by atoms with Crippen LogP contribution in [0.1, 0.15) is 11.1 Å². The summed E-state index contributed by atoms with van der Waals surface area (Å²) in [5, 5.41) is 24.1. The average Bonchev–Trinajstić information content (AvgIpc) is 2.58. The number of anilines is 1. The van der Waals surface area contributed by atoms with Crippen LogP contribution in [-0.2, 0) is 11.2 Å². The molecule has 3 N–H and O–H groups in total. The molecular weight excluding hydrogens is 302 g/mol. The highest BCUT2D eigenvalue weighted by Gasteiger charge is 2.10. The number of carbonyl (C=O) groups excluding carboxylic acids is 1. The molecule has 0 aliphatic carbocycles. The van der Waals surface area contributed by atoms with E-state index in [9.17, 15) is 9.90 Å². The molecule has 122 valence electrons. The molecule has 0 bridgehead atoms. The maximum Gasteiger partial charge on any atom is 0.267 e. The number of aromatic hydroxyl groups is 1. The van der Waals surface area contributed by atoms with Gasteiger partial charge in [-0.15, -0.1) is 0 Å². The van der Waals surface area contributed by atoms with Crippen LogP contribution in [0.15, 0.2) is 60.3 Å². The monoisotopic (exact) mass is 321 g/mol. The summed E-state index contributed by atoms with van der Waals surface area (Å²) >= 11 is 0. The summed E-state index contributed by atoms with van der Waals surface area (Å²) in [6, 6.07) is 16.2. The van der Waals surface area contributed by atoms with E-state index in [1.807, 2.05) is 43.3 Å². The fourth-order valence-corrected chi connectivity index (χ4v) is 2.10. The van der Waals surface area contributed by atoms with E-state index in [1.54, 1.807) is 18.2 Å².